The topological polar surface area (TPSA) is 78.4 Å². The molecular formula is C16H15BrN2O3. The van der Waals surface area contributed by atoms with Crippen molar-refractivity contribution >= 4 is 33.4 Å². The Morgan fingerprint density at radius 3 is 2.82 bits per heavy atom. The second-order valence-electron chi connectivity index (χ2n) is 5.36. The van der Waals surface area contributed by atoms with E-state index in [1.165, 1.54) is 6.08 Å². The highest BCUT2D eigenvalue weighted by molar-refractivity contribution is 9.10. The summed E-state index contributed by atoms with van der Waals surface area (Å²) in [6.07, 6.45) is 3.24. The number of allylic oxidation sites excluding steroid dienone is 1. The van der Waals surface area contributed by atoms with Crippen LogP contribution >= 0.6 is 15.9 Å². The molecule has 0 heterocycles. The molecule has 0 aromatic heterocycles. The van der Waals surface area contributed by atoms with E-state index in [1.54, 1.807) is 12.1 Å². The van der Waals surface area contributed by atoms with Crippen LogP contribution in [0, 0.1) is 0 Å². The second kappa shape index (κ2) is 6.06. The van der Waals surface area contributed by atoms with E-state index < -0.39 is 18.2 Å². The summed E-state index contributed by atoms with van der Waals surface area (Å²) in [5.41, 5.74) is 2.40. The van der Waals surface area contributed by atoms with Crippen LogP contribution in [-0.4, -0.2) is 29.1 Å². The van der Waals surface area contributed by atoms with Gasteiger partial charge in [-0.15, -0.1) is 0 Å². The fourth-order valence-electron chi connectivity index (χ4n) is 2.80. The van der Waals surface area contributed by atoms with Crippen molar-refractivity contribution in [2.75, 3.05) is 5.32 Å². The molecular weight excluding hydrogens is 348 g/mol. The van der Waals surface area contributed by atoms with Crippen molar-refractivity contribution in [2.24, 2.45) is 0 Å². The van der Waals surface area contributed by atoms with Crippen molar-refractivity contribution in [3.05, 3.63) is 52.0 Å². The third-order valence-electron chi connectivity index (χ3n) is 3.83. The molecule has 0 radical (unpaired) electrons. The van der Waals surface area contributed by atoms with Crippen molar-refractivity contribution in [3.8, 4) is 0 Å². The number of aliphatic hydroxyl groups excluding tert-OH is 1. The van der Waals surface area contributed by atoms with Crippen LogP contribution in [0.15, 0.2) is 52.0 Å². The molecule has 3 N–H and O–H groups in total. The van der Waals surface area contributed by atoms with Crippen LogP contribution < -0.4 is 10.6 Å². The first-order valence-electron chi connectivity index (χ1n) is 6.97. The van der Waals surface area contributed by atoms with Gasteiger partial charge in [0.25, 0.3) is 0 Å². The third kappa shape index (κ3) is 2.98. The zero-order valence-corrected chi connectivity index (χ0v) is 13.3. The smallest absolute Gasteiger partial charge is 0.319 e. The van der Waals surface area contributed by atoms with Gasteiger partial charge in [0, 0.05) is 10.9 Å². The Bertz CT molecular complexity index is 696. The fourth-order valence-corrected chi connectivity index (χ4v) is 3.18. The predicted octanol–water partition coefficient (Wildman–Crippen LogP) is 2.53. The van der Waals surface area contributed by atoms with Crippen molar-refractivity contribution in [1.29, 1.82) is 0 Å². The average molecular weight is 363 g/mol. The number of halogens is 1. The number of ketones is 1. The summed E-state index contributed by atoms with van der Waals surface area (Å²) in [4.78, 5) is 23.5. The minimum atomic E-state index is -0.703. The molecule has 3 rings (SSSR count). The van der Waals surface area contributed by atoms with E-state index in [4.69, 9.17) is 0 Å². The number of aliphatic hydroxyl groups is 1. The first kappa shape index (κ1) is 15.0. The predicted molar refractivity (Wildman–Crippen MR) is 86.5 cm³/mol. The Morgan fingerprint density at radius 2 is 2.05 bits per heavy atom. The molecule has 2 amide bonds. The minimum Gasteiger partial charge on any atom is -0.390 e. The Labute approximate surface area is 136 Å². The Morgan fingerprint density at radius 1 is 1.27 bits per heavy atom. The summed E-state index contributed by atoms with van der Waals surface area (Å²) in [5, 5.41) is 15.7. The zero-order chi connectivity index (χ0) is 15.7. The quantitative estimate of drug-likeness (QED) is 0.756. The maximum Gasteiger partial charge on any atom is 0.319 e. The third-order valence-corrected chi connectivity index (χ3v) is 4.52. The summed E-state index contributed by atoms with van der Waals surface area (Å²) in [6.45, 7) is 0. The van der Waals surface area contributed by atoms with Gasteiger partial charge in [0.05, 0.1) is 17.8 Å². The van der Waals surface area contributed by atoms with Crippen molar-refractivity contribution in [1.82, 2.24) is 5.32 Å². The molecule has 5 nitrogen and oxygen atoms in total. The van der Waals surface area contributed by atoms with Crippen molar-refractivity contribution in [2.45, 2.75) is 25.0 Å². The molecule has 22 heavy (non-hydrogen) atoms. The van der Waals surface area contributed by atoms with Crippen LogP contribution in [0.3, 0.4) is 0 Å². The lowest BCUT2D eigenvalue weighted by molar-refractivity contribution is -0.114. The lowest BCUT2D eigenvalue weighted by Crippen LogP contribution is -2.43. The van der Waals surface area contributed by atoms with E-state index >= 15 is 0 Å². The monoisotopic (exact) mass is 362 g/mol. The molecule has 0 spiro atoms. The summed E-state index contributed by atoms with van der Waals surface area (Å²) in [5.74, 6) is 0.0317. The summed E-state index contributed by atoms with van der Waals surface area (Å²) in [6, 6.07) is 6.40. The van der Waals surface area contributed by atoms with E-state index in [9.17, 15) is 14.7 Å². The summed E-state index contributed by atoms with van der Waals surface area (Å²) >= 11 is 3.36. The van der Waals surface area contributed by atoms with Gasteiger partial charge in [-0.05, 0) is 46.1 Å². The molecule has 1 aromatic carbocycles. The summed E-state index contributed by atoms with van der Waals surface area (Å²) in [7, 11) is 0. The molecule has 0 fully saturated rings. The van der Waals surface area contributed by atoms with Gasteiger partial charge < -0.3 is 15.7 Å². The molecule has 2 aliphatic carbocycles. The normalized spacial score (nSPS) is 23.5. The maximum absolute atomic E-state index is 12.1. The number of anilines is 1. The van der Waals surface area contributed by atoms with E-state index in [1.807, 2.05) is 18.2 Å². The molecule has 2 unspecified atom stereocenters. The van der Waals surface area contributed by atoms with Crippen LogP contribution in [-0.2, 0) is 4.79 Å². The SMILES string of the molecule is O=C1C=CC2=C(C1)CC(O)C2NC(=O)Nc1ccccc1Br. The first-order chi connectivity index (χ1) is 10.5. The number of amides is 2. The van der Waals surface area contributed by atoms with Gasteiger partial charge in [0.2, 0.25) is 0 Å². The second-order valence-corrected chi connectivity index (χ2v) is 6.22. The average Bonchev–Trinajstić information content (AvgIpc) is 2.77. The van der Waals surface area contributed by atoms with E-state index in [2.05, 4.69) is 26.6 Å². The highest BCUT2D eigenvalue weighted by Crippen LogP contribution is 2.33. The van der Waals surface area contributed by atoms with E-state index in [0.29, 0.717) is 18.5 Å². The number of urea groups is 1. The molecule has 0 saturated heterocycles. The van der Waals surface area contributed by atoms with Crippen LogP contribution in [0.5, 0.6) is 0 Å². The number of rotatable bonds is 2. The van der Waals surface area contributed by atoms with Crippen LogP contribution in [0.25, 0.3) is 0 Å². The number of carbonyl (C=O) groups excluding carboxylic acids is 2. The van der Waals surface area contributed by atoms with Gasteiger partial charge in [-0.25, -0.2) is 4.79 Å². The zero-order valence-electron chi connectivity index (χ0n) is 11.7. The van der Waals surface area contributed by atoms with Gasteiger partial charge in [-0.2, -0.15) is 0 Å². The van der Waals surface area contributed by atoms with E-state index in [0.717, 1.165) is 15.6 Å². The highest BCUT2D eigenvalue weighted by atomic mass is 79.9. The maximum atomic E-state index is 12.1. The van der Waals surface area contributed by atoms with Crippen LogP contribution in [0.4, 0.5) is 10.5 Å². The molecule has 0 bridgehead atoms. The first-order valence-corrected chi connectivity index (χ1v) is 7.77. The minimum absolute atomic E-state index is 0.0317. The Balaban J connectivity index is 1.70. The van der Waals surface area contributed by atoms with Gasteiger partial charge in [0.15, 0.2) is 5.78 Å². The number of hydrogen-bond donors (Lipinski definition) is 3. The lowest BCUT2D eigenvalue weighted by Gasteiger charge is -2.20. The number of carbonyl (C=O) groups is 2. The fraction of sp³-hybridized carbons (Fsp3) is 0.250. The van der Waals surface area contributed by atoms with Gasteiger partial charge in [-0.3, -0.25) is 4.79 Å². The van der Waals surface area contributed by atoms with Crippen LogP contribution in [0.2, 0.25) is 0 Å². The molecule has 2 aliphatic rings. The number of nitrogens with one attached hydrogen (secondary N) is 2. The van der Waals surface area contributed by atoms with Crippen LogP contribution in [0.1, 0.15) is 12.8 Å². The Hall–Kier alpha value is -1.92. The van der Waals surface area contributed by atoms with Gasteiger partial charge in [0.1, 0.15) is 0 Å². The van der Waals surface area contributed by atoms with Crippen molar-refractivity contribution < 1.29 is 14.7 Å². The van der Waals surface area contributed by atoms with E-state index in [-0.39, 0.29) is 5.78 Å². The number of benzene rings is 1. The molecule has 114 valence electrons. The lowest BCUT2D eigenvalue weighted by atomic mass is 9.98. The number of hydrogen-bond acceptors (Lipinski definition) is 3. The molecule has 6 heteroatoms. The molecule has 1 aromatic rings. The van der Waals surface area contributed by atoms with Gasteiger partial charge >= 0.3 is 6.03 Å². The summed E-state index contributed by atoms with van der Waals surface area (Å²) < 4.78 is 0.778. The highest BCUT2D eigenvalue weighted by Gasteiger charge is 2.35. The van der Waals surface area contributed by atoms with Gasteiger partial charge in [-0.1, -0.05) is 23.8 Å². The molecule has 0 aliphatic heterocycles. The molecule has 2 atom stereocenters. The van der Waals surface area contributed by atoms with Crippen molar-refractivity contribution in [3.63, 3.8) is 0 Å². The largest absolute Gasteiger partial charge is 0.390 e. The molecule has 0 saturated carbocycles. The standard InChI is InChI=1S/C16H15BrN2O3/c17-12-3-1-2-4-13(12)18-16(22)19-15-11-6-5-10(20)7-9(11)8-14(15)21/h1-6,14-15,21H,7-8H2,(H2,18,19,22). The number of para-hydroxylation sites is 1. The Kier molecular flexibility index (Phi) is 4.13.